The molecule has 0 fully saturated rings. The highest BCUT2D eigenvalue weighted by Crippen LogP contribution is 2.45. The third kappa shape index (κ3) is 71.7. The van der Waals surface area contributed by atoms with E-state index in [9.17, 15) is 43.2 Å². The third-order valence-corrected chi connectivity index (χ3v) is 21.4. The lowest BCUT2D eigenvalue weighted by Crippen LogP contribution is -2.30. The minimum atomic E-state index is -4.96. The topological polar surface area (TPSA) is 237 Å². The Morgan fingerprint density at radius 2 is 0.480 bits per heavy atom. The van der Waals surface area contributed by atoms with Crippen molar-refractivity contribution in [2.24, 2.45) is 23.7 Å². The molecule has 0 aromatic heterocycles. The Morgan fingerprint density at radius 3 is 0.710 bits per heavy atom. The molecule has 0 amide bonds. The number of carbonyl (C=O) groups is 4. The first-order valence-electron chi connectivity index (χ1n) is 41.8. The maximum absolute atomic E-state index is 13.1. The van der Waals surface area contributed by atoms with Gasteiger partial charge in [-0.2, -0.15) is 0 Å². The minimum absolute atomic E-state index is 0.106. The molecule has 100 heavy (non-hydrogen) atoms. The molecule has 3 N–H and O–H groups in total. The number of hydrogen-bond acceptors (Lipinski definition) is 15. The molecule has 17 nitrogen and oxygen atoms in total. The second kappa shape index (κ2) is 70.1. The van der Waals surface area contributed by atoms with E-state index < -0.39 is 97.5 Å². The summed E-state index contributed by atoms with van der Waals surface area (Å²) in [6, 6.07) is 0. The molecule has 0 heterocycles. The van der Waals surface area contributed by atoms with Gasteiger partial charge in [0.2, 0.25) is 0 Å². The van der Waals surface area contributed by atoms with Crippen LogP contribution in [0.3, 0.4) is 0 Å². The molecule has 0 rings (SSSR count). The molecule has 0 aliphatic carbocycles. The number of carbonyl (C=O) groups excluding carboxylic acids is 4. The molecule has 0 saturated carbocycles. The summed E-state index contributed by atoms with van der Waals surface area (Å²) < 4.78 is 68.7. The number of aliphatic hydroxyl groups excluding tert-OH is 1. The molecule has 594 valence electrons. The van der Waals surface area contributed by atoms with E-state index in [-0.39, 0.29) is 25.7 Å². The van der Waals surface area contributed by atoms with Crippen LogP contribution in [0.15, 0.2) is 0 Å². The zero-order valence-corrected chi connectivity index (χ0v) is 67.6. The Labute approximate surface area is 613 Å². The van der Waals surface area contributed by atoms with Crippen molar-refractivity contribution in [2.75, 3.05) is 39.6 Å². The average Bonchev–Trinajstić information content (AvgIpc) is 0.929. The van der Waals surface area contributed by atoms with E-state index in [2.05, 4.69) is 55.4 Å². The normalized spacial score (nSPS) is 14.6. The number of rotatable bonds is 78. The van der Waals surface area contributed by atoms with Gasteiger partial charge in [0.25, 0.3) is 0 Å². The number of esters is 4. The number of unbranched alkanes of at least 4 members (excludes halogenated alkanes) is 42. The summed E-state index contributed by atoms with van der Waals surface area (Å²) in [5, 5.41) is 10.6. The molecule has 0 aliphatic rings. The summed E-state index contributed by atoms with van der Waals surface area (Å²) in [5.74, 6) is 1.04. The Hall–Kier alpha value is -1.94. The quantitative estimate of drug-likeness (QED) is 0.0222. The molecule has 0 saturated heterocycles. The Balaban J connectivity index is 5.23. The van der Waals surface area contributed by atoms with Gasteiger partial charge in [0.15, 0.2) is 12.2 Å². The molecule has 4 unspecified atom stereocenters. The zero-order chi connectivity index (χ0) is 73.8. The van der Waals surface area contributed by atoms with Gasteiger partial charge in [0.05, 0.1) is 26.4 Å². The third-order valence-electron chi connectivity index (χ3n) is 19.5. The molecule has 0 bridgehead atoms. The van der Waals surface area contributed by atoms with E-state index in [1.54, 1.807) is 0 Å². The summed E-state index contributed by atoms with van der Waals surface area (Å²) in [6.07, 6.45) is 56.9. The van der Waals surface area contributed by atoms with Crippen molar-refractivity contribution < 1.29 is 80.2 Å². The van der Waals surface area contributed by atoms with Gasteiger partial charge in [-0.25, -0.2) is 9.13 Å². The summed E-state index contributed by atoms with van der Waals surface area (Å²) in [4.78, 5) is 73.0. The summed E-state index contributed by atoms with van der Waals surface area (Å²) in [7, 11) is -9.92. The fourth-order valence-electron chi connectivity index (χ4n) is 12.4. The standard InChI is InChI=1S/C81H158O17P2/c1-9-73(7)59-51-43-34-28-22-15-11-13-17-25-31-37-47-55-63-80(85)97-76(67-91-78(83)61-53-45-36-30-24-20-19-21-27-33-41-49-57-71(3)4)69-95-99(87,88)93-65-75(82)66-94-100(89,90)96-70-77(68-92-79(84)62-54-46-40-39-42-50-58-72(5)6)98-81(86)64-56-48-38-32-26-18-14-12-16-23-29-35-44-52-60-74(8)10-2/h71-77,82H,9-70H2,1-8H3,(H,87,88)(H,89,90)/t73?,74?,75-,76-,77-/m1/s1. The summed E-state index contributed by atoms with van der Waals surface area (Å²) in [5.41, 5.74) is 0. The number of ether oxygens (including phenoxy) is 4. The van der Waals surface area contributed by atoms with Crippen LogP contribution < -0.4 is 0 Å². The van der Waals surface area contributed by atoms with E-state index >= 15 is 0 Å². The van der Waals surface area contributed by atoms with Crippen LogP contribution in [0.5, 0.6) is 0 Å². The van der Waals surface area contributed by atoms with Crippen molar-refractivity contribution in [1.29, 1.82) is 0 Å². The van der Waals surface area contributed by atoms with E-state index in [1.807, 2.05) is 0 Å². The highest BCUT2D eigenvalue weighted by Gasteiger charge is 2.30. The van der Waals surface area contributed by atoms with Gasteiger partial charge in [-0.15, -0.1) is 0 Å². The van der Waals surface area contributed by atoms with Crippen molar-refractivity contribution in [3.8, 4) is 0 Å². The zero-order valence-electron chi connectivity index (χ0n) is 65.8. The highest BCUT2D eigenvalue weighted by molar-refractivity contribution is 7.47. The Bertz CT molecular complexity index is 1960. The van der Waals surface area contributed by atoms with E-state index in [0.717, 1.165) is 114 Å². The van der Waals surface area contributed by atoms with Gasteiger partial charge >= 0.3 is 39.5 Å². The van der Waals surface area contributed by atoms with Crippen LogP contribution in [-0.2, 0) is 65.4 Å². The maximum atomic E-state index is 13.1. The van der Waals surface area contributed by atoms with Crippen LogP contribution in [0.4, 0.5) is 0 Å². The molecular weight excluding hydrogens is 1310 g/mol. The number of phosphoric ester groups is 2. The van der Waals surface area contributed by atoms with Gasteiger partial charge in [-0.05, 0) is 49.4 Å². The average molecular weight is 1470 g/mol. The first-order chi connectivity index (χ1) is 48.2. The molecule has 19 heteroatoms. The molecule has 0 aliphatic heterocycles. The van der Waals surface area contributed by atoms with E-state index in [0.29, 0.717) is 31.6 Å². The predicted molar refractivity (Wildman–Crippen MR) is 409 cm³/mol. The van der Waals surface area contributed by atoms with Crippen LogP contribution >= 0.6 is 15.6 Å². The predicted octanol–water partition coefficient (Wildman–Crippen LogP) is 24.0. The lowest BCUT2D eigenvalue weighted by atomic mass is 9.99. The fourth-order valence-corrected chi connectivity index (χ4v) is 13.9. The fraction of sp³-hybridized carbons (Fsp3) is 0.951. The van der Waals surface area contributed by atoms with Crippen LogP contribution in [0.1, 0.15) is 415 Å². The van der Waals surface area contributed by atoms with E-state index in [1.165, 1.54) is 212 Å². The van der Waals surface area contributed by atoms with Crippen molar-refractivity contribution in [3.05, 3.63) is 0 Å². The second-order valence-electron chi connectivity index (χ2n) is 30.6. The lowest BCUT2D eigenvalue weighted by molar-refractivity contribution is -0.161. The van der Waals surface area contributed by atoms with E-state index in [4.69, 9.17) is 37.0 Å². The number of phosphoric acid groups is 2. The molecular formula is C81H158O17P2. The van der Waals surface area contributed by atoms with Crippen molar-refractivity contribution in [1.82, 2.24) is 0 Å². The SMILES string of the molecule is CCC(C)CCCCCCCCCCCCCCCCC(=O)O[C@H](COC(=O)CCCCCCCCCCCCCCC(C)C)COP(=O)(O)OC[C@@H](O)COP(=O)(O)OC[C@@H](COC(=O)CCCCCCCCC(C)C)OC(=O)CCCCCCCCCCCCCCCCC(C)CC. The molecule has 0 spiro atoms. The van der Waals surface area contributed by atoms with Gasteiger partial charge in [-0.1, -0.05) is 364 Å². The second-order valence-corrected chi connectivity index (χ2v) is 33.5. The first-order valence-corrected chi connectivity index (χ1v) is 44.8. The molecule has 7 atom stereocenters. The van der Waals surface area contributed by atoms with Gasteiger partial charge in [-0.3, -0.25) is 37.3 Å². The maximum Gasteiger partial charge on any atom is 0.472 e. The highest BCUT2D eigenvalue weighted by atomic mass is 31.2. The molecule has 0 aromatic carbocycles. The monoisotopic (exact) mass is 1470 g/mol. The van der Waals surface area contributed by atoms with Crippen LogP contribution in [-0.4, -0.2) is 96.7 Å². The van der Waals surface area contributed by atoms with Crippen molar-refractivity contribution >= 4 is 39.5 Å². The van der Waals surface area contributed by atoms with Gasteiger partial charge in [0.1, 0.15) is 19.3 Å². The Kier molecular flexibility index (Phi) is 68.7. The van der Waals surface area contributed by atoms with Gasteiger partial charge < -0.3 is 33.8 Å². The summed E-state index contributed by atoms with van der Waals surface area (Å²) in [6.45, 7) is 14.3. The lowest BCUT2D eigenvalue weighted by Gasteiger charge is -2.21. The Morgan fingerprint density at radius 1 is 0.280 bits per heavy atom. The van der Waals surface area contributed by atoms with Crippen LogP contribution in [0.2, 0.25) is 0 Å². The minimum Gasteiger partial charge on any atom is -0.462 e. The van der Waals surface area contributed by atoms with Crippen LogP contribution in [0, 0.1) is 23.7 Å². The van der Waals surface area contributed by atoms with Gasteiger partial charge in [0, 0.05) is 25.7 Å². The largest absolute Gasteiger partial charge is 0.472 e. The van der Waals surface area contributed by atoms with Crippen LogP contribution in [0.25, 0.3) is 0 Å². The smallest absolute Gasteiger partial charge is 0.462 e. The van der Waals surface area contributed by atoms with Crippen molar-refractivity contribution in [3.63, 3.8) is 0 Å². The van der Waals surface area contributed by atoms with Crippen molar-refractivity contribution in [2.45, 2.75) is 433 Å². The number of aliphatic hydroxyl groups is 1. The molecule has 0 radical (unpaired) electrons. The molecule has 0 aromatic rings. The number of hydrogen-bond donors (Lipinski definition) is 3. The first kappa shape index (κ1) is 98.1. The summed E-state index contributed by atoms with van der Waals surface area (Å²) >= 11 is 0.